The molecule has 0 radical (unpaired) electrons. The van der Waals surface area contributed by atoms with Crippen LogP contribution < -0.4 is 10.2 Å². The lowest BCUT2D eigenvalue weighted by Gasteiger charge is -2.33. The van der Waals surface area contributed by atoms with E-state index in [4.69, 9.17) is 0 Å². The van der Waals surface area contributed by atoms with E-state index in [0.717, 1.165) is 61.9 Å². The van der Waals surface area contributed by atoms with E-state index in [2.05, 4.69) is 77.1 Å². The lowest BCUT2D eigenvalue weighted by Crippen LogP contribution is -2.36. The molecule has 2 aromatic rings. The van der Waals surface area contributed by atoms with Gasteiger partial charge in [0, 0.05) is 12.1 Å². The Balaban J connectivity index is 0.00000161. The summed E-state index contributed by atoms with van der Waals surface area (Å²) < 4.78 is 0. The summed E-state index contributed by atoms with van der Waals surface area (Å²) in [5.41, 5.74) is 8.45. The van der Waals surface area contributed by atoms with Gasteiger partial charge in [-0.05, 0) is 86.2 Å². The van der Waals surface area contributed by atoms with Crippen molar-refractivity contribution >= 4 is 20.6 Å². The molecule has 4 rings (SSSR count). The van der Waals surface area contributed by atoms with Crippen LogP contribution in [0.3, 0.4) is 0 Å². The Labute approximate surface area is 257 Å². The normalized spacial score (nSPS) is 15.7. The fourth-order valence-corrected chi connectivity index (χ4v) is 5.80. The van der Waals surface area contributed by atoms with E-state index in [1.807, 2.05) is 54.5 Å². The second kappa shape index (κ2) is 22.4. The van der Waals surface area contributed by atoms with Crippen LogP contribution >= 0.6 is 9.24 Å². The molecule has 2 aliphatic rings. The van der Waals surface area contributed by atoms with Crippen molar-refractivity contribution in [2.45, 2.75) is 139 Å². The Bertz CT molecular complexity index is 1010. The Morgan fingerprint density at radius 3 is 2.05 bits per heavy atom. The van der Waals surface area contributed by atoms with Crippen molar-refractivity contribution in [2.75, 3.05) is 10.2 Å². The Hall–Kier alpha value is -2.25. The smallest absolute Gasteiger partial charge is 0.121 e. The number of phenols is 1. The largest absolute Gasteiger partial charge is 0.508 e. The standard InChI is InChI=1S/C28H39N2OP.C3H6.3C2H6/c1-4-10-24-23(6-3)27-25(18-26(24)31)30(21(5-2)17-19-11-8-7-9-12-19)28(29-27)20-13-15-22(32)16-14-20;1-3-2;3*1-2/h7-9,11-12,18,21-22,29,31H,4-6,10,13-17,32H2,1-3H3;3H,1H2,2H3;3*1-2H3/t21-,22?;;;;/m0..../s1. The van der Waals surface area contributed by atoms with E-state index in [0.29, 0.717) is 11.8 Å². The van der Waals surface area contributed by atoms with Crippen LogP contribution in [0, 0.1) is 0 Å². The number of benzene rings is 2. The Morgan fingerprint density at radius 1 is 1.00 bits per heavy atom. The van der Waals surface area contributed by atoms with Crippen molar-refractivity contribution in [1.29, 1.82) is 0 Å². The van der Waals surface area contributed by atoms with E-state index in [9.17, 15) is 5.11 Å². The summed E-state index contributed by atoms with van der Waals surface area (Å²) in [6, 6.07) is 13.2. The molecule has 1 heterocycles. The lowest BCUT2D eigenvalue weighted by atomic mass is 9.93. The predicted octanol–water partition coefficient (Wildman–Crippen LogP) is 11.5. The molecule has 0 aromatic heterocycles. The topological polar surface area (TPSA) is 35.5 Å². The van der Waals surface area contributed by atoms with E-state index < -0.39 is 0 Å². The van der Waals surface area contributed by atoms with Crippen molar-refractivity contribution in [3.05, 3.63) is 77.1 Å². The van der Waals surface area contributed by atoms with Gasteiger partial charge in [-0.25, -0.2) is 0 Å². The van der Waals surface area contributed by atoms with Crippen molar-refractivity contribution in [1.82, 2.24) is 0 Å². The fourth-order valence-electron chi connectivity index (χ4n) is 5.46. The molecule has 2 atom stereocenters. The van der Waals surface area contributed by atoms with Crippen LogP contribution in [0.1, 0.15) is 124 Å². The summed E-state index contributed by atoms with van der Waals surface area (Å²) in [6.45, 7) is 23.9. The zero-order valence-electron chi connectivity index (χ0n) is 28.2. The first-order chi connectivity index (χ1) is 20.0. The maximum absolute atomic E-state index is 11.0. The maximum Gasteiger partial charge on any atom is 0.121 e. The molecule has 0 bridgehead atoms. The summed E-state index contributed by atoms with van der Waals surface area (Å²) >= 11 is 0. The highest BCUT2D eigenvalue weighted by Crippen LogP contribution is 2.48. The minimum atomic E-state index is 0.350. The van der Waals surface area contributed by atoms with E-state index >= 15 is 0 Å². The van der Waals surface area contributed by atoms with Crippen LogP contribution in [-0.2, 0) is 19.3 Å². The van der Waals surface area contributed by atoms with Crippen LogP contribution in [0.2, 0.25) is 0 Å². The van der Waals surface area contributed by atoms with Crippen molar-refractivity contribution < 1.29 is 5.11 Å². The molecule has 2 aromatic carbocycles. The highest BCUT2D eigenvalue weighted by atomic mass is 31.0. The van der Waals surface area contributed by atoms with Crippen LogP contribution in [0.4, 0.5) is 11.4 Å². The monoisotopic (exact) mass is 582 g/mol. The molecule has 0 spiro atoms. The molecule has 1 saturated carbocycles. The van der Waals surface area contributed by atoms with Gasteiger partial charge in [-0.3, -0.25) is 0 Å². The molecule has 232 valence electrons. The zero-order valence-corrected chi connectivity index (χ0v) is 29.4. The third-order valence-electron chi connectivity index (χ3n) is 7.22. The van der Waals surface area contributed by atoms with Crippen molar-refractivity contribution in [3.63, 3.8) is 0 Å². The highest BCUT2D eigenvalue weighted by molar-refractivity contribution is 7.17. The summed E-state index contributed by atoms with van der Waals surface area (Å²) in [5.74, 6) is 1.76. The number of nitrogens with zero attached hydrogens (tertiary/aromatic N) is 1. The van der Waals surface area contributed by atoms with Gasteiger partial charge in [0.2, 0.25) is 0 Å². The first-order valence-electron chi connectivity index (χ1n) is 16.5. The van der Waals surface area contributed by atoms with Gasteiger partial charge >= 0.3 is 0 Å². The van der Waals surface area contributed by atoms with Crippen LogP contribution in [-0.4, -0.2) is 16.8 Å². The second-order valence-electron chi connectivity index (χ2n) is 9.80. The molecule has 4 heteroatoms. The number of rotatable bonds is 7. The zero-order chi connectivity index (χ0) is 31.4. The molecule has 1 aliphatic heterocycles. The van der Waals surface area contributed by atoms with Gasteiger partial charge in [-0.15, -0.1) is 15.8 Å². The number of nitrogens with one attached hydrogen (secondary N) is 1. The van der Waals surface area contributed by atoms with E-state index in [1.165, 1.54) is 35.5 Å². The fraction of sp³-hybridized carbons (Fsp3) is 0.568. The lowest BCUT2D eigenvalue weighted by molar-refractivity contribution is 0.466. The average Bonchev–Trinajstić information content (AvgIpc) is 3.39. The van der Waals surface area contributed by atoms with Gasteiger partial charge < -0.3 is 15.3 Å². The van der Waals surface area contributed by atoms with Crippen LogP contribution in [0.25, 0.3) is 0 Å². The molecule has 1 fully saturated rings. The second-order valence-corrected chi connectivity index (χ2v) is 10.7. The summed E-state index contributed by atoms with van der Waals surface area (Å²) in [6.07, 6.45) is 11.5. The number of fused-ring (bicyclic) bond motifs is 1. The molecule has 2 N–H and O–H groups in total. The number of hydrogen-bond donors (Lipinski definition) is 2. The van der Waals surface area contributed by atoms with Gasteiger partial charge in [-0.1, -0.05) is 105 Å². The minimum absolute atomic E-state index is 0.350. The van der Waals surface area contributed by atoms with Crippen molar-refractivity contribution in [3.8, 4) is 5.75 Å². The molecule has 41 heavy (non-hydrogen) atoms. The number of hydrogen-bond acceptors (Lipinski definition) is 3. The number of aromatic hydroxyl groups is 1. The average molecular weight is 583 g/mol. The minimum Gasteiger partial charge on any atom is -0.508 e. The van der Waals surface area contributed by atoms with Crippen LogP contribution in [0.5, 0.6) is 5.75 Å². The maximum atomic E-state index is 11.0. The third kappa shape index (κ3) is 10.8. The summed E-state index contributed by atoms with van der Waals surface area (Å²) in [5, 5.41) is 14.9. The van der Waals surface area contributed by atoms with Gasteiger partial charge in [0.05, 0.1) is 11.4 Å². The number of anilines is 2. The van der Waals surface area contributed by atoms with Crippen molar-refractivity contribution in [2.24, 2.45) is 0 Å². The summed E-state index contributed by atoms with van der Waals surface area (Å²) in [4.78, 5) is 2.54. The van der Waals surface area contributed by atoms with Crippen LogP contribution in [0.15, 0.2) is 60.4 Å². The Morgan fingerprint density at radius 2 is 1.56 bits per heavy atom. The Kier molecular flexibility index (Phi) is 21.1. The predicted molar refractivity (Wildman–Crippen MR) is 191 cm³/mol. The molecular weight excluding hydrogens is 519 g/mol. The SMILES string of the molecule is C=CC.CC.CC.CC.CCCc1c(O)cc2c(c1CC)NC(=C1CCC(P)CC1)N2[C@@H](CC)Cc1ccccc1. The van der Waals surface area contributed by atoms with E-state index in [-0.39, 0.29) is 0 Å². The first-order valence-corrected chi connectivity index (χ1v) is 17.2. The molecule has 0 amide bonds. The van der Waals surface area contributed by atoms with Gasteiger partial charge in [0.25, 0.3) is 0 Å². The highest BCUT2D eigenvalue weighted by Gasteiger charge is 2.35. The number of allylic oxidation sites excluding steroid dienone is 2. The molecule has 3 nitrogen and oxygen atoms in total. The van der Waals surface area contributed by atoms with Gasteiger partial charge in [0.15, 0.2) is 0 Å². The number of phenolic OH excluding ortho intramolecular Hbond substituents is 1. The van der Waals surface area contributed by atoms with Gasteiger partial charge in [-0.2, -0.15) is 0 Å². The quantitative estimate of drug-likeness (QED) is 0.194. The third-order valence-corrected chi connectivity index (χ3v) is 7.89. The molecular formula is C37H63N2OP. The first kappa shape index (κ1) is 38.8. The molecule has 1 aliphatic carbocycles. The summed E-state index contributed by atoms with van der Waals surface area (Å²) in [7, 11) is 3.02. The molecule has 1 unspecified atom stereocenters. The van der Waals surface area contributed by atoms with Gasteiger partial charge in [0.1, 0.15) is 11.6 Å². The van der Waals surface area contributed by atoms with E-state index in [1.54, 1.807) is 11.6 Å². The molecule has 0 saturated heterocycles.